The molecule has 1 aliphatic rings. The molecule has 0 saturated carbocycles. The van der Waals surface area contributed by atoms with Crippen LogP contribution in [0.25, 0.3) is 10.2 Å². The molecule has 1 aromatic carbocycles. The molecular formula is C23H28ClN3O2S. The van der Waals surface area contributed by atoms with Gasteiger partial charge in [0.25, 0.3) is 5.56 Å². The van der Waals surface area contributed by atoms with Crippen molar-refractivity contribution in [1.29, 1.82) is 0 Å². The van der Waals surface area contributed by atoms with Gasteiger partial charge in [-0.05, 0) is 68.6 Å². The number of halogens is 1. The van der Waals surface area contributed by atoms with Gasteiger partial charge in [-0.1, -0.05) is 25.4 Å². The maximum absolute atomic E-state index is 13.6. The Bertz CT molecular complexity index is 1070. The van der Waals surface area contributed by atoms with Crippen LogP contribution in [0.4, 0.5) is 0 Å². The summed E-state index contributed by atoms with van der Waals surface area (Å²) in [6.45, 7) is 7.68. The molecule has 2 aromatic heterocycles. The largest absolute Gasteiger partial charge is 0.492 e. The molecule has 0 saturated heterocycles. The molecule has 0 atom stereocenters. The third-order valence-corrected chi connectivity index (χ3v) is 7.25. The van der Waals surface area contributed by atoms with Crippen molar-refractivity contribution in [1.82, 2.24) is 14.5 Å². The third-order valence-electron chi connectivity index (χ3n) is 5.81. The van der Waals surface area contributed by atoms with Gasteiger partial charge in [0.1, 0.15) is 23.0 Å². The van der Waals surface area contributed by atoms with E-state index in [-0.39, 0.29) is 5.56 Å². The molecule has 2 heterocycles. The monoisotopic (exact) mass is 445 g/mol. The Morgan fingerprint density at radius 3 is 2.63 bits per heavy atom. The lowest BCUT2D eigenvalue weighted by atomic mass is 9.97. The molecule has 0 aliphatic heterocycles. The summed E-state index contributed by atoms with van der Waals surface area (Å²) in [7, 11) is 0. The number of aryl methyl sites for hydroxylation is 2. The normalized spacial score (nSPS) is 13.7. The van der Waals surface area contributed by atoms with Crippen LogP contribution in [0.15, 0.2) is 29.1 Å². The van der Waals surface area contributed by atoms with Gasteiger partial charge >= 0.3 is 0 Å². The molecule has 0 spiro atoms. The minimum Gasteiger partial charge on any atom is -0.492 e. The lowest BCUT2D eigenvalue weighted by Gasteiger charge is -2.20. The maximum atomic E-state index is 13.6. The first-order valence-electron chi connectivity index (χ1n) is 10.7. The number of benzene rings is 1. The van der Waals surface area contributed by atoms with E-state index >= 15 is 0 Å². The van der Waals surface area contributed by atoms with Crippen LogP contribution in [0.2, 0.25) is 5.02 Å². The quantitative estimate of drug-likeness (QED) is 0.494. The molecule has 1 aliphatic carbocycles. The lowest BCUT2D eigenvalue weighted by Crippen LogP contribution is -2.32. The summed E-state index contributed by atoms with van der Waals surface area (Å²) in [4.78, 5) is 23.1. The van der Waals surface area contributed by atoms with E-state index in [1.165, 1.54) is 16.9 Å². The molecule has 0 radical (unpaired) electrons. The van der Waals surface area contributed by atoms with Gasteiger partial charge in [0.2, 0.25) is 0 Å². The predicted molar refractivity (Wildman–Crippen MR) is 124 cm³/mol. The van der Waals surface area contributed by atoms with Crippen molar-refractivity contribution in [3.8, 4) is 5.75 Å². The standard InChI is InChI=1S/C23H28ClN3O2S/c1-3-26(4-2)15-20-25-22-21(18-7-5-6-8-19(18)30-22)23(28)27(20)13-14-29-17-11-9-16(24)10-12-17/h9-12H,3-8,13-15H2,1-2H3. The van der Waals surface area contributed by atoms with Crippen LogP contribution in [0, 0.1) is 0 Å². The number of nitrogens with zero attached hydrogens (tertiary/aromatic N) is 3. The van der Waals surface area contributed by atoms with E-state index in [0.29, 0.717) is 24.7 Å². The van der Waals surface area contributed by atoms with Crippen molar-refractivity contribution in [2.75, 3.05) is 19.7 Å². The van der Waals surface area contributed by atoms with Crippen molar-refractivity contribution >= 4 is 33.2 Å². The highest BCUT2D eigenvalue weighted by Gasteiger charge is 2.22. The number of hydrogen-bond acceptors (Lipinski definition) is 5. The predicted octanol–water partition coefficient (Wildman–Crippen LogP) is 4.91. The van der Waals surface area contributed by atoms with Gasteiger partial charge in [0, 0.05) is 9.90 Å². The van der Waals surface area contributed by atoms with E-state index in [1.54, 1.807) is 23.5 Å². The fourth-order valence-electron chi connectivity index (χ4n) is 4.06. The second kappa shape index (κ2) is 9.50. The number of hydrogen-bond donors (Lipinski definition) is 0. The minimum atomic E-state index is 0.0845. The molecule has 4 rings (SSSR count). The van der Waals surface area contributed by atoms with Gasteiger partial charge in [-0.25, -0.2) is 4.98 Å². The van der Waals surface area contributed by atoms with E-state index in [1.807, 2.05) is 16.7 Å². The Morgan fingerprint density at radius 1 is 1.17 bits per heavy atom. The van der Waals surface area contributed by atoms with Crippen LogP contribution < -0.4 is 10.3 Å². The fourth-order valence-corrected chi connectivity index (χ4v) is 5.46. The highest BCUT2D eigenvalue weighted by molar-refractivity contribution is 7.18. The molecule has 30 heavy (non-hydrogen) atoms. The van der Waals surface area contributed by atoms with Crippen LogP contribution in [0.3, 0.4) is 0 Å². The molecule has 0 amide bonds. The first-order valence-corrected chi connectivity index (χ1v) is 11.9. The number of thiophene rings is 1. The van der Waals surface area contributed by atoms with Gasteiger partial charge < -0.3 is 4.74 Å². The summed E-state index contributed by atoms with van der Waals surface area (Å²) in [5.74, 6) is 1.58. The fraction of sp³-hybridized carbons (Fsp3) is 0.478. The third kappa shape index (κ3) is 4.41. The van der Waals surface area contributed by atoms with Gasteiger partial charge in [-0.15, -0.1) is 11.3 Å². The molecule has 0 fully saturated rings. The zero-order valence-electron chi connectivity index (χ0n) is 17.6. The Balaban J connectivity index is 1.67. The SMILES string of the molecule is CCN(CC)Cc1nc2sc3c(c2c(=O)n1CCOc1ccc(Cl)cc1)CCCC3. The van der Waals surface area contributed by atoms with Crippen molar-refractivity contribution in [2.45, 2.75) is 52.6 Å². The molecule has 0 N–H and O–H groups in total. The second-order valence-electron chi connectivity index (χ2n) is 7.64. The summed E-state index contributed by atoms with van der Waals surface area (Å²) in [6, 6.07) is 7.30. The summed E-state index contributed by atoms with van der Waals surface area (Å²) in [5.41, 5.74) is 1.32. The number of rotatable bonds is 8. The van der Waals surface area contributed by atoms with Crippen molar-refractivity contribution in [2.24, 2.45) is 0 Å². The summed E-state index contributed by atoms with van der Waals surface area (Å²) >= 11 is 7.66. The summed E-state index contributed by atoms with van der Waals surface area (Å²) in [6.07, 6.45) is 4.41. The molecule has 160 valence electrons. The molecule has 0 unspecified atom stereocenters. The summed E-state index contributed by atoms with van der Waals surface area (Å²) < 4.78 is 7.71. The molecule has 3 aromatic rings. The lowest BCUT2D eigenvalue weighted by molar-refractivity contribution is 0.266. The number of ether oxygens (including phenoxy) is 1. The van der Waals surface area contributed by atoms with E-state index in [0.717, 1.165) is 54.1 Å². The Hall–Kier alpha value is -1.89. The van der Waals surface area contributed by atoms with Crippen molar-refractivity contribution < 1.29 is 4.74 Å². The van der Waals surface area contributed by atoms with Crippen LogP contribution in [0.1, 0.15) is 43.0 Å². The maximum Gasteiger partial charge on any atom is 0.262 e. The van der Waals surface area contributed by atoms with E-state index in [2.05, 4.69) is 18.7 Å². The first kappa shape index (κ1) is 21.3. The second-order valence-corrected chi connectivity index (χ2v) is 9.16. The zero-order valence-corrected chi connectivity index (χ0v) is 19.2. The summed E-state index contributed by atoms with van der Waals surface area (Å²) in [5, 5.41) is 1.52. The first-order chi connectivity index (χ1) is 14.6. The highest BCUT2D eigenvalue weighted by Crippen LogP contribution is 2.33. The molecular weight excluding hydrogens is 418 g/mol. The van der Waals surface area contributed by atoms with Crippen molar-refractivity contribution in [3.05, 3.63) is 55.9 Å². The Morgan fingerprint density at radius 2 is 1.90 bits per heavy atom. The van der Waals surface area contributed by atoms with Crippen LogP contribution in [0.5, 0.6) is 5.75 Å². The van der Waals surface area contributed by atoms with Gasteiger partial charge in [0.15, 0.2) is 0 Å². The Labute approximate surface area is 186 Å². The van der Waals surface area contributed by atoms with E-state index in [9.17, 15) is 4.79 Å². The van der Waals surface area contributed by atoms with Gasteiger partial charge in [-0.2, -0.15) is 0 Å². The van der Waals surface area contributed by atoms with Crippen LogP contribution in [-0.2, 0) is 25.9 Å². The van der Waals surface area contributed by atoms with Gasteiger partial charge in [-0.3, -0.25) is 14.3 Å². The topological polar surface area (TPSA) is 47.4 Å². The molecule has 0 bridgehead atoms. The molecule has 7 heteroatoms. The van der Waals surface area contributed by atoms with Gasteiger partial charge in [0.05, 0.1) is 18.5 Å². The smallest absolute Gasteiger partial charge is 0.262 e. The average Bonchev–Trinajstić information content (AvgIpc) is 3.13. The van der Waals surface area contributed by atoms with E-state index < -0.39 is 0 Å². The number of aromatic nitrogens is 2. The van der Waals surface area contributed by atoms with Crippen molar-refractivity contribution in [3.63, 3.8) is 0 Å². The zero-order chi connectivity index (χ0) is 21.1. The Kier molecular flexibility index (Phi) is 6.76. The van der Waals surface area contributed by atoms with Crippen LogP contribution in [-0.4, -0.2) is 34.1 Å². The minimum absolute atomic E-state index is 0.0845. The number of fused-ring (bicyclic) bond motifs is 3. The van der Waals surface area contributed by atoms with Crippen LogP contribution >= 0.6 is 22.9 Å². The highest BCUT2D eigenvalue weighted by atomic mass is 35.5. The van der Waals surface area contributed by atoms with E-state index in [4.69, 9.17) is 21.3 Å². The average molecular weight is 446 g/mol. The molecule has 5 nitrogen and oxygen atoms in total.